The predicted molar refractivity (Wildman–Crippen MR) is 154 cm³/mol. The molecule has 1 aliphatic heterocycles. The minimum absolute atomic E-state index is 0.0640. The third kappa shape index (κ3) is 5.57. The fraction of sp³-hybridized carbons (Fsp3) is 0.483. The Morgan fingerprint density at radius 2 is 1.75 bits per heavy atom. The summed E-state index contributed by atoms with van der Waals surface area (Å²) in [5.74, 6) is 1.31. The van der Waals surface area contributed by atoms with Crippen LogP contribution in [0.15, 0.2) is 47.5 Å². The Morgan fingerprint density at radius 3 is 2.45 bits per heavy atom. The van der Waals surface area contributed by atoms with E-state index in [4.69, 9.17) is 14.8 Å². The molecule has 0 radical (unpaired) electrons. The number of piperazine rings is 1. The molecule has 210 valence electrons. The van der Waals surface area contributed by atoms with Gasteiger partial charge in [0.1, 0.15) is 17.6 Å². The van der Waals surface area contributed by atoms with Gasteiger partial charge in [0.15, 0.2) is 0 Å². The van der Waals surface area contributed by atoms with E-state index in [1.54, 1.807) is 13.1 Å². The Balaban J connectivity index is 1.20. The van der Waals surface area contributed by atoms with Gasteiger partial charge in [0.25, 0.3) is 5.56 Å². The lowest BCUT2D eigenvalue weighted by atomic mass is 9.93. The van der Waals surface area contributed by atoms with Crippen LogP contribution in [0, 0.1) is 0 Å². The molecule has 1 saturated heterocycles. The van der Waals surface area contributed by atoms with E-state index in [2.05, 4.69) is 55.1 Å². The Morgan fingerprint density at radius 1 is 0.950 bits per heavy atom. The number of fused-ring (bicyclic) bond motifs is 1. The maximum Gasteiger partial charge on any atom is 0.266 e. The fourth-order valence-electron chi connectivity index (χ4n) is 5.68. The van der Waals surface area contributed by atoms with E-state index in [1.165, 1.54) is 10.7 Å². The standard InChI is InChI=1S/C29H37N9O2/c1-30-26-16-25-24(18-32-26)29(20-4-5-21(31-17-20)19-37-14-12-35(2)13-15-37)34-38(25)22-6-8-23(9-7-22)40-27-10-11-28(39)36(3)33-27/h4-5,10-11,16-18,22-23H,6-9,12-15,19H2,1-3H3,(H,30,32)/t22-,23+. The van der Waals surface area contributed by atoms with Gasteiger partial charge in [-0.2, -0.15) is 5.10 Å². The molecule has 4 aromatic heterocycles. The molecular weight excluding hydrogens is 506 g/mol. The molecule has 0 spiro atoms. The monoisotopic (exact) mass is 543 g/mol. The van der Waals surface area contributed by atoms with Crippen LogP contribution in [0.2, 0.25) is 0 Å². The van der Waals surface area contributed by atoms with Crippen molar-refractivity contribution < 1.29 is 4.74 Å². The zero-order valence-electron chi connectivity index (χ0n) is 23.5. The van der Waals surface area contributed by atoms with Crippen molar-refractivity contribution in [3.8, 4) is 17.1 Å². The minimum atomic E-state index is -0.146. The van der Waals surface area contributed by atoms with Crippen molar-refractivity contribution in [3.63, 3.8) is 0 Å². The van der Waals surface area contributed by atoms with Crippen LogP contribution in [0.1, 0.15) is 37.4 Å². The maximum absolute atomic E-state index is 11.6. The summed E-state index contributed by atoms with van der Waals surface area (Å²) < 4.78 is 9.59. The van der Waals surface area contributed by atoms with E-state index >= 15 is 0 Å². The average molecular weight is 544 g/mol. The van der Waals surface area contributed by atoms with E-state index in [9.17, 15) is 4.79 Å². The predicted octanol–water partition coefficient (Wildman–Crippen LogP) is 2.94. The van der Waals surface area contributed by atoms with Gasteiger partial charge >= 0.3 is 0 Å². The van der Waals surface area contributed by atoms with E-state index in [0.29, 0.717) is 5.88 Å². The van der Waals surface area contributed by atoms with E-state index in [1.807, 2.05) is 19.4 Å². The molecule has 0 atom stereocenters. The van der Waals surface area contributed by atoms with Crippen LogP contribution >= 0.6 is 0 Å². The van der Waals surface area contributed by atoms with Gasteiger partial charge in [-0.3, -0.25) is 19.4 Å². The summed E-state index contributed by atoms with van der Waals surface area (Å²) >= 11 is 0. The highest BCUT2D eigenvalue weighted by Gasteiger charge is 2.27. The number of nitrogens with one attached hydrogen (secondary N) is 1. The van der Waals surface area contributed by atoms with Gasteiger partial charge in [0, 0.05) is 88.4 Å². The number of rotatable bonds is 7. The number of ether oxygens (including phenoxy) is 1. The number of aryl methyl sites for hydroxylation is 1. The molecule has 1 N–H and O–H groups in total. The lowest BCUT2D eigenvalue weighted by Gasteiger charge is -2.32. The molecule has 2 fully saturated rings. The summed E-state index contributed by atoms with van der Waals surface area (Å²) in [6, 6.07) is 9.75. The molecule has 1 saturated carbocycles. The first kappa shape index (κ1) is 26.4. The summed E-state index contributed by atoms with van der Waals surface area (Å²) in [5.41, 5.74) is 3.92. The van der Waals surface area contributed by atoms with Gasteiger partial charge < -0.3 is 15.0 Å². The van der Waals surface area contributed by atoms with Gasteiger partial charge in [-0.05, 0) is 44.9 Å². The number of nitrogens with zero attached hydrogens (tertiary/aromatic N) is 8. The summed E-state index contributed by atoms with van der Waals surface area (Å²) in [5, 5.41) is 13.6. The summed E-state index contributed by atoms with van der Waals surface area (Å²) in [6.07, 6.45) is 7.58. The fourth-order valence-corrected chi connectivity index (χ4v) is 5.68. The molecule has 0 bridgehead atoms. The maximum atomic E-state index is 11.6. The molecule has 1 aliphatic carbocycles. The van der Waals surface area contributed by atoms with Crippen molar-refractivity contribution in [2.45, 2.75) is 44.4 Å². The number of likely N-dealkylation sites (N-methyl/N-ethyl adjacent to an activating group) is 1. The quantitative estimate of drug-likeness (QED) is 0.377. The highest BCUT2D eigenvalue weighted by molar-refractivity contribution is 5.93. The van der Waals surface area contributed by atoms with E-state index < -0.39 is 0 Å². The van der Waals surface area contributed by atoms with Crippen molar-refractivity contribution in [1.29, 1.82) is 0 Å². The van der Waals surface area contributed by atoms with Crippen LogP contribution in [0.3, 0.4) is 0 Å². The number of pyridine rings is 2. The lowest BCUT2D eigenvalue weighted by molar-refractivity contribution is 0.123. The zero-order chi connectivity index (χ0) is 27.6. The molecule has 0 aromatic carbocycles. The largest absolute Gasteiger partial charge is 0.473 e. The molecule has 2 aliphatic rings. The van der Waals surface area contributed by atoms with Crippen LogP contribution in [0.5, 0.6) is 5.88 Å². The molecule has 0 unspecified atom stereocenters. The Hall–Kier alpha value is -3.83. The Kier molecular flexibility index (Phi) is 7.48. The Bertz CT molecular complexity index is 1520. The molecule has 40 heavy (non-hydrogen) atoms. The molecule has 4 aromatic rings. The van der Waals surface area contributed by atoms with E-state index in [0.717, 1.165) is 92.1 Å². The first-order valence-electron chi connectivity index (χ1n) is 14.1. The zero-order valence-corrected chi connectivity index (χ0v) is 23.5. The number of hydrogen-bond donors (Lipinski definition) is 1. The van der Waals surface area contributed by atoms with Gasteiger partial charge in [0.2, 0.25) is 5.88 Å². The number of anilines is 1. The van der Waals surface area contributed by atoms with Crippen LogP contribution in [0.4, 0.5) is 5.82 Å². The number of hydrogen-bond acceptors (Lipinski definition) is 9. The SMILES string of the molecule is CNc1cc2c(cn1)c(-c1ccc(CN3CCN(C)CC3)nc1)nn2[C@H]1CC[C@@H](Oc2ccc(=O)n(C)n2)CC1. The van der Waals surface area contributed by atoms with Crippen molar-refractivity contribution in [3.05, 3.63) is 58.8 Å². The van der Waals surface area contributed by atoms with Crippen molar-refractivity contribution in [2.24, 2.45) is 7.05 Å². The van der Waals surface area contributed by atoms with E-state index in [-0.39, 0.29) is 17.7 Å². The topological polar surface area (TPSA) is 106 Å². The van der Waals surface area contributed by atoms with Gasteiger partial charge in [-0.1, -0.05) is 0 Å². The minimum Gasteiger partial charge on any atom is -0.473 e. The van der Waals surface area contributed by atoms with Crippen LogP contribution in [0.25, 0.3) is 22.2 Å². The van der Waals surface area contributed by atoms with Crippen LogP contribution in [-0.2, 0) is 13.6 Å². The summed E-state index contributed by atoms with van der Waals surface area (Å²) in [6.45, 7) is 5.21. The third-order valence-electron chi connectivity index (χ3n) is 8.14. The first-order chi connectivity index (χ1) is 19.5. The van der Waals surface area contributed by atoms with Crippen molar-refractivity contribution in [2.75, 3.05) is 45.6 Å². The average Bonchev–Trinajstić information content (AvgIpc) is 3.36. The second-order valence-corrected chi connectivity index (χ2v) is 10.9. The third-order valence-corrected chi connectivity index (χ3v) is 8.14. The number of aromatic nitrogens is 6. The van der Waals surface area contributed by atoms with Gasteiger partial charge in [-0.15, -0.1) is 5.10 Å². The normalized spacial score (nSPS) is 20.6. The van der Waals surface area contributed by atoms with Gasteiger partial charge in [-0.25, -0.2) is 9.67 Å². The van der Waals surface area contributed by atoms with Crippen LogP contribution in [-0.4, -0.2) is 85.7 Å². The second-order valence-electron chi connectivity index (χ2n) is 10.9. The smallest absolute Gasteiger partial charge is 0.266 e. The van der Waals surface area contributed by atoms with Gasteiger partial charge in [0.05, 0.1) is 17.3 Å². The van der Waals surface area contributed by atoms with Crippen molar-refractivity contribution in [1.82, 2.24) is 39.3 Å². The van der Waals surface area contributed by atoms with Crippen LogP contribution < -0.4 is 15.6 Å². The molecule has 11 heteroatoms. The summed E-state index contributed by atoms with van der Waals surface area (Å²) in [7, 11) is 5.70. The lowest BCUT2D eigenvalue weighted by Crippen LogP contribution is -2.43. The molecule has 11 nitrogen and oxygen atoms in total. The molecule has 0 amide bonds. The highest BCUT2D eigenvalue weighted by atomic mass is 16.5. The summed E-state index contributed by atoms with van der Waals surface area (Å²) in [4.78, 5) is 25.9. The molecule has 5 heterocycles. The molecular formula is C29H37N9O2. The Labute approximate surface area is 233 Å². The van der Waals surface area contributed by atoms with Crippen molar-refractivity contribution >= 4 is 16.7 Å². The molecule has 6 rings (SSSR count). The highest BCUT2D eigenvalue weighted by Crippen LogP contribution is 2.36. The second kappa shape index (κ2) is 11.3. The first-order valence-corrected chi connectivity index (χ1v) is 14.1.